The molecule has 3 N–H and O–H groups in total. The van der Waals surface area contributed by atoms with Gasteiger partial charge < -0.3 is 15.5 Å². The van der Waals surface area contributed by atoms with Crippen molar-refractivity contribution in [1.29, 1.82) is 0 Å². The van der Waals surface area contributed by atoms with Crippen LogP contribution < -0.4 is 5.32 Å². The average Bonchev–Trinajstić information content (AvgIpc) is 2.67. The van der Waals surface area contributed by atoms with Gasteiger partial charge in [0, 0.05) is 18.0 Å². The number of pyridine rings is 1. The zero-order chi connectivity index (χ0) is 17.6. The molecule has 25 heavy (non-hydrogen) atoms. The fourth-order valence-electron chi connectivity index (χ4n) is 2.60. The topological polar surface area (TPSA) is 82.5 Å². The molecule has 0 aliphatic carbocycles. The summed E-state index contributed by atoms with van der Waals surface area (Å²) in [4.78, 5) is 15.2. The van der Waals surface area contributed by atoms with E-state index in [0.717, 1.165) is 22.4 Å². The molecule has 0 aliphatic rings. The molecule has 0 aliphatic heterocycles. The minimum atomic E-state index is -0.950. The first kappa shape index (κ1) is 16.7. The first-order chi connectivity index (χ1) is 12.2. The van der Waals surface area contributed by atoms with E-state index in [1.165, 1.54) is 0 Å². The number of hydrogen-bond donors (Lipinski definition) is 3. The highest BCUT2D eigenvalue weighted by molar-refractivity contribution is 5.88. The Morgan fingerprint density at radius 1 is 1.00 bits per heavy atom. The third-order valence-electron chi connectivity index (χ3n) is 3.93. The standard InChI is InChI=1S/C20H18N2O3/c23-13-19(15-4-2-1-3-5-15)22-18-10-17(11-21-12-18)14-6-8-16(9-7-14)20(24)25/h1-12,19,22-23H,13H2,(H,24,25). The van der Waals surface area contributed by atoms with E-state index in [4.69, 9.17) is 5.11 Å². The summed E-state index contributed by atoms with van der Waals surface area (Å²) in [5.41, 5.74) is 3.76. The number of carboxylic acid groups (broad SMARTS) is 1. The zero-order valence-corrected chi connectivity index (χ0v) is 13.5. The number of hydrogen-bond acceptors (Lipinski definition) is 4. The highest BCUT2D eigenvalue weighted by Crippen LogP contribution is 2.24. The summed E-state index contributed by atoms with van der Waals surface area (Å²) >= 11 is 0. The molecular weight excluding hydrogens is 316 g/mol. The molecule has 5 nitrogen and oxygen atoms in total. The van der Waals surface area contributed by atoms with Gasteiger partial charge in [-0.15, -0.1) is 0 Å². The summed E-state index contributed by atoms with van der Waals surface area (Å²) in [6.07, 6.45) is 3.41. The molecule has 5 heteroatoms. The number of nitrogens with one attached hydrogen (secondary N) is 1. The Bertz CT molecular complexity index is 848. The van der Waals surface area contributed by atoms with E-state index in [0.29, 0.717) is 0 Å². The molecule has 3 rings (SSSR count). The normalized spacial score (nSPS) is 11.7. The lowest BCUT2D eigenvalue weighted by atomic mass is 10.0. The second-order valence-electron chi connectivity index (χ2n) is 5.63. The van der Waals surface area contributed by atoms with Gasteiger partial charge in [-0.05, 0) is 29.3 Å². The first-order valence-electron chi connectivity index (χ1n) is 7.88. The molecular formula is C20H18N2O3. The van der Waals surface area contributed by atoms with Crippen molar-refractivity contribution in [3.8, 4) is 11.1 Å². The van der Waals surface area contributed by atoms with Gasteiger partial charge in [0.2, 0.25) is 0 Å². The van der Waals surface area contributed by atoms with Gasteiger partial charge in [-0.3, -0.25) is 4.98 Å². The van der Waals surface area contributed by atoms with E-state index in [1.54, 1.807) is 36.7 Å². The summed E-state index contributed by atoms with van der Waals surface area (Å²) < 4.78 is 0. The maximum Gasteiger partial charge on any atom is 0.335 e. The molecule has 0 saturated heterocycles. The Labute approximate surface area is 145 Å². The summed E-state index contributed by atoms with van der Waals surface area (Å²) in [6.45, 7) is -0.0401. The van der Waals surface area contributed by atoms with Crippen LogP contribution in [0.2, 0.25) is 0 Å². The van der Waals surface area contributed by atoms with Crippen molar-refractivity contribution in [3.05, 3.63) is 84.2 Å². The molecule has 0 saturated carbocycles. The summed E-state index contributed by atoms with van der Waals surface area (Å²) in [5.74, 6) is -0.950. The number of aromatic nitrogens is 1. The molecule has 1 aromatic heterocycles. The van der Waals surface area contributed by atoms with Crippen LogP contribution >= 0.6 is 0 Å². The first-order valence-corrected chi connectivity index (χ1v) is 7.88. The predicted molar refractivity (Wildman–Crippen MR) is 96.5 cm³/mol. The van der Waals surface area contributed by atoms with Crippen molar-refractivity contribution in [2.75, 3.05) is 11.9 Å². The lowest BCUT2D eigenvalue weighted by molar-refractivity contribution is 0.0697. The number of rotatable bonds is 6. The number of carbonyl (C=O) groups is 1. The largest absolute Gasteiger partial charge is 0.478 e. The van der Waals surface area contributed by atoms with Crippen molar-refractivity contribution in [3.63, 3.8) is 0 Å². The average molecular weight is 334 g/mol. The minimum absolute atomic E-state index is 0.0401. The fraction of sp³-hybridized carbons (Fsp3) is 0.100. The molecule has 0 fully saturated rings. The van der Waals surface area contributed by atoms with Gasteiger partial charge >= 0.3 is 5.97 Å². The van der Waals surface area contributed by atoms with Crippen molar-refractivity contribution >= 4 is 11.7 Å². The highest BCUT2D eigenvalue weighted by atomic mass is 16.4. The van der Waals surface area contributed by atoms with Crippen LogP contribution in [0, 0.1) is 0 Å². The number of anilines is 1. The lowest BCUT2D eigenvalue weighted by Crippen LogP contribution is -2.14. The van der Waals surface area contributed by atoms with Gasteiger partial charge in [0.1, 0.15) is 0 Å². The minimum Gasteiger partial charge on any atom is -0.478 e. The number of carboxylic acids is 1. The molecule has 3 aromatic rings. The molecule has 0 spiro atoms. The van der Waals surface area contributed by atoms with Gasteiger partial charge in [-0.1, -0.05) is 42.5 Å². The van der Waals surface area contributed by atoms with Crippen LogP contribution in [-0.2, 0) is 0 Å². The summed E-state index contributed by atoms with van der Waals surface area (Å²) in [6, 6.07) is 18.0. The van der Waals surface area contributed by atoms with E-state index in [9.17, 15) is 9.90 Å². The fourth-order valence-corrected chi connectivity index (χ4v) is 2.60. The third kappa shape index (κ3) is 4.02. The van der Waals surface area contributed by atoms with E-state index < -0.39 is 5.97 Å². The van der Waals surface area contributed by atoms with Crippen LogP contribution in [0.5, 0.6) is 0 Å². The zero-order valence-electron chi connectivity index (χ0n) is 13.5. The van der Waals surface area contributed by atoms with Crippen molar-refractivity contribution < 1.29 is 15.0 Å². The SMILES string of the molecule is O=C(O)c1ccc(-c2cncc(NC(CO)c3ccccc3)c2)cc1. The molecule has 1 unspecified atom stereocenters. The van der Waals surface area contributed by atoms with Crippen molar-refractivity contribution in [2.45, 2.75) is 6.04 Å². The van der Waals surface area contributed by atoms with Crippen LogP contribution in [0.4, 0.5) is 5.69 Å². The van der Waals surface area contributed by atoms with Crippen LogP contribution in [0.25, 0.3) is 11.1 Å². The Hall–Kier alpha value is -3.18. The molecule has 1 heterocycles. The Balaban J connectivity index is 1.82. The van der Waals surface area contributed by atoms with E-state index in [2.05, 4.69) is 10.3 Å². The molecule has 126 valence electrons. The number of aliphatic hydroxyl groups excluding tert-OH is 1. The van der Waals surface area contributed by atoms with E-state index in [1.807, 2.05) is 36.4 Å². The second kappa shape index (κ2) is 7.59. The predicted octanol–water partition coefficient (Wildman–Crippen LogP) is 3.59. The van der Waals surface area contributed by atoms with Crippen molar-refractivity contribution in [2.24, 2.45) is 0 Å². The maximum atomic E-state index is 10.9. The summed E-state index contributed by atoms with van der Waals surface area (Å²) in [7, 11) is 0. The Morgan fingerprint density at radius 2 is 1.72 bits per heavy atom. The van der Waals surface area contributed by atoms with Crippen LogP contribution in [0.1, 0.15) is 22.0 Å². The molecule has 0 amide bonds. The van der Waals surface area contributed by atoms with Gasteiger partial charge in [0.15, 0.2) is 0 Å². The van der Waals surface area contributed by atoms with E-state index >= 15 is 0 Å². The molecule has 2 aromatic carbocycles. The Kier molecular flexibility index (Phi) is 5.06. The smallest absolute Gasteiger partial charge is 0.335 e. The van der Waals surface area contributed by atoms with Crippen molar-refractivity contribution in [1.82, 2.24) is 4.98 Å². The Morgan fingerprint density at radius 3 is 2.36 bits per heavy atom. The number of aliphatic hydroxyl groups is 1. The molecule has 0 bridgehead atoms. The molecule has 1 atom stereocenters. The van der Waals surface area contributed by atoms with Gasteiger partial charge in [-0.25, -0.2) is 4.79 Å². The van der Waals surface area contributed by atoms with Gasteiger partial charge in [0.05, 0.1) is 23.9 Å². The van der Waals surface area contributed by atoms with Gasteiger partial charge in [-0.2, -0.15) is 0 Å². The van der Waals surface area contributed by atoms with Crippen LogP contribution in [-0.4, -0.2) is 27.8 Å². The molecule has 0 radical (unpaired) electrons. The summed E-state index contributed by atoms with van der Waals surface area (Å²) in [5, 5.41) is 21.9. The number of nitrogens with zero attached hydrogens (tertiary/aromatic N) is 1. The second-order valence-corrected chi connectivity index (χ2v) is 5.63. The van der Waals surface area contributed by atoms with E-state index in [-0.39, 0.29) is 18.2 Å². The quantitative estimate of drug-likeness (QED) is 0.642. The van der Waals surface area contributed by atoms with Crippen LogP contribution in [0.15, 0.2) is 73.1 Å². The number of aromatic carboxylic acids is 1. The maximum absolute atomic E-state index is 10.9. The monoisotopic (exact) mass is 334 g/mol. The third-order valence-corrected chi connectivity index (χ3v) is 3.93. The van der Waals surface area contributed by atoms with Crippen LogP contribution in [0.3, 0.4) is 0 Å². The number of benzene rings is 2. The highest BCUT2D eigenvalue weighted by Gasteiger charge is 2.11. The lowest BCUT2D eigenvalue weighted by Gasteiger charge is -2.18. The van der Waals surface area contributed by atoms with Gasteiger partial charge in [0.25, 0.3) is 0 Å².